The van der Waals surface area contributed by atoms with Gasteiger partial charge in [-0.25, -0.2) is 0 Å². The lowest BCUT2D eigenvalue weighted by Crippen LogP contribution is -2.22. The molecule has 2 aromatic rings. The summed E-state index contributed by atoms with van der Waals surface area (Å²) in [5, 5.41) is 2.91. The molecule has 0 aliphatic heterocycles. The number of aryl methyl sites for hydroxylation is 1. The van der Waals surface area contributed by atoms with Crippen LogP contribution in [0.2, 0.25) is 0 Å². The van der Waals surface area contributed by atoms with Crippen molar-refractivity contribution in [2.24, 2.45) is 0 Å². The van der Waals surface area contributed by atoms with Crippen LogP contribution in [0.25, 0.3) is 0 Å². The van der Waals surface area contributed by atoms with E-state index in [-0.39, 0.29) is 5.91 Å². The predicted molar refractivity (Wildman–Crippen MR) is 82.1 cm³/mol. The summed E-state index contributed by atoms with van der Waals surface area (Å²) in [5.41, 5.74) is 1.79. The van der Waals surface area contributed by atoms with Crippen molar-refractivity contribution in [1.82, 2.24) is 5.32 Å². The summed E-state index contributed by atoms with van der Waals surface area (Å²) < 4.78 is 1.90. The Morgan fingerprint density at radius 1 is 1.28 bits per heavy atom. The molecule has 2 rings (SSSR count). The molecule has 1 amide bonds. The summed E-state index contributed by atoms with van der Waals surface area (Å²) >= 11 is 8.44. The number of amides is 1. The van der Waals surface area contributed by atoms with Gasteiger partial charge in [-0.15, -0.1) is 11.3 Å². The van der Waals surface area contributed by atoms with Gasteiger partial charge in [-0.2, -0.15) is 0 Å². The van der Waals surface area contributed by atoms with Crippen molar-refractivity contribution in [3.63, 3.8) is 0 Å². The third-order valence-electron chi connectivity index (χ3n) is 2.42. The number of halogens is 2. The van der Waals surface area contributed by atoms with Gasteiger partial charge < -0.3 is 5.32 Å². The number of hydrogen-bond acceptors (Lipinski definition) is 2. The Bertz CT molecular complexity index is 580. The lowest BCUT2D eigenvalue weighted by Gasteiger charge is -2.06. The van der Waals surface area contributed by atoms with Crippen LogP contribution in [-0.4, -0.2) is 5.91 Å². The Labute approximate surface area is 127 Å². The van der Waals surface area contributed by atoms with Crippen LogP contribution in [0.1, 0.15) is 20.8 Å². The molecule has 2 nitrogen and oxygen atoms in total. The Hall–Kier alpha value is -0.650. The van der Waals surface area contributed by atoms with E-state index in [4.69, 9.17) is 0 Å². The number of benzene rings is 1. The number of hydrogen-bond donors (Lipinski definition) is 1. The van der Waals surface area contributed by atoms with Gasteiger partial charge in [0.2, 0.25) is 0 Å². The maximum absolute atomic E-state index is 12.0. The van der Waals surface area contributed by atoms with Gasteiger partial charge in [-0.1, -0.05) is 6.07 Å². The number of nitrogens with one attached hydrogen (secondary N) is 1. The van der Waals surface area contributed by atoms with Gasteiger partial charge in [-0.3, -0.25) is 4.79 Å². The molecule has 94 valence electrons. The largest absolute Gasteiger partial charge is 0.347 e. The fraction of sp³-hybridized carbons (Fsp3) is 0.154. The maximum atomic E-state index is 12.0. The summed E-state index contributed by atoms with van der Waals surface area (Å²) in [6.45, 7) is 2.55. The van der Waals surface area contributed by atoms with Crippen molar-refractivity contribution < 1.29 is 4.79 Å². The van der Waals surface area contributed by atoms with Crippen LogP contribution in [0.15, 0.2) is 38.6 Å². The number of rotatable bonds is 3. The van der Waals surface area contributed by atoms with Gasteiger partial charge in [0, 0.05) is 9.35 Å². The second kappa shape index (κ2) is 5.99. The van der Waals surface area contributed by atoms with Crippen LogP contribution < -0.4 is 5.32 Å². The molecule has 0 atom stereocenters. The van der Waals surface area contributed by atoms with Gasteiger partial charge in [0.15, 0.2) is 0 Å². The minimum atomic E-state index is -0.0635. The molecule has 0 spiro atoms. The first-order chi connectivity index (χ1) is 8.56. The molecule has 0 bridgehead atoms. The SMILES string of the molecule is Cc1ccc(C(=O)NCc2ccc(Br)s2)c(Br)c1. The van der Waals surface area contributed by atoms with Crippen molar-refractivity contribution >= 4 is 49.1 Å². The van der Waals surface area contributed by atoms with Crippen molar-refractivity contribution in [1.29, 1.82) is 0 Å². The van der Waals surface area contributed by atoms with Crippen molar-refractivity contribution in [3.05, 3.63) is 54.6 Å². The van der Waals surface area contributed by atoms with Crippen molar-refractivity contribution in [3.8, 4) is 0 Å². The van der Waals surface area contributed by atoms with Gasteiger partial charge in [0.25, 0.3) is 5.91 Å². The fourth-order valence-electron chi connectivity index (χ4n) is 1.51. The summed E-state index contributed by atoms with van der Waals surface area (Å²) in [5.74, 6) is -0.0635. The molecule has 0 aliphatic carbocycles. The highest BCUT2D eigenvalue weighted by atomic mass is 79.9. The normalized spacial score (nSPS) is 10.4. The molecule has 0 unspecified atom stereocenters. The molecule has 0 fully saturated rings. The second-order valence-corrected chi connectivity index (χ2v) is 7.27. The first-order valence-electron chi connectivity index (χ1n) is 5.35. The summed E-state index contributed by atoms with van der Waals surface area (Å²) in [4.78, 5) is 13.1. The van der Waals surface area contributed by atoms with Crippen LogP contribution >= 0.6 is 43.2 Å². The van der Waals surface area contributed by atoms with E-state index in [9.17, 15) is 4.79 Å². The van der Waals surface area contributed by atoms with Crippen LogP contribution in [-0.2, 0) is 6.54 Å². The van der Waals surface area contributed by atoms with Crippen molar-refractivity contribution in [2.45, 2.75) is 13.5 Å². The molecular formula is C13H11Br2NOS. The highest BCUT2D eigenvalue weighted by Crippen LogP contribution is 2.22. The van der Waals surface area contributed by atoms with E-state index < -0.39 is 0 Å². The summed E-state index contributed by atoms with van der Waals surface area (Å²) in [7, 11) is 0. The molecule has 5 heteroatoms. The van der Waals surface area contributed by atoms with Gasteiger partial charge in [0.05, 0.1) is 15.9 Å². The fourth-order valence-corrected chi connectivity index (χ4v) is 3.61. The monoisotopic (exact) mass is 387 g/mol. The maximum Gasteiger partial charge on any atom is 0.252 e. The van der Waals surface area contributed by atoms with E-state index in [1.807, 2.05) is 37.3 Å². The number of carbonyl (C=O) groups excluding carboxylic acids is 1. The summed E-state index contributed by atoms with van der Waals surface area (Å²) in [6.07, 6.45) is 0. The lowest BCUT2D eigenvalue weighted by molar-refractivity contribution is 0.0950. The third kappa shape index (κ3) is 3.43. The van der Waals surface area contributed by atoms with Gasteiger partial charge in [0.1, 0.15) is 0 Å². The van der Waals surface area contributed by atoms with Crippen LogP contribution in [0.5, 0.6) is 0 Å². The highest BCUT2D eigenvalue weighted by molar-refractivity contribution is 9.11. The van der Waals surface area contributed by atoms with E-state index in [1.54, 1.807) is 11.3 Å². The topological polar surface area (TPSA) is 29.1 Å². The number of carbonyl (C=O) groups is 1. The van der Waals surface area contributed by atoms with Gasteiger partial charge >= 0.3 is 0 Å². The van der Waals surface area contributed by atoms with Crippen LogP contribution in [0.4, 0.5) is 0 Å². The van der Waals surface area contributed by atoms with E-state index in [0.29, 0.717) is 12.1 Å². The average molecular weight is 389 g/mol. The Morgan fingerprint density at radius 3 is 2.67 bits per heavy atom. The molecule has 18 heavy (non-hydrogen) atoms. The zero-order valence-corrected chi connectivity index (χ0v) is 13.7. The quantitative estimate of drug-likeness (QED) is 0.823. The molecule has 0 radical (unpaired) electrons. The second-order valence-electron chi connectivity index (χ2n) is 3.87. The van der Waals surface area contributed by atoms with E-state index in [2.05, 4.69) is 37.2 Å². The predicted octanol–water partition coefficient (Wildman–Crippen LogP) is 4.51. The first kappa shape index (κ1) is 13.8. The Balaban J connectivity index is 2.03. The third-order valence-corrected chi connectivity index (χ3v) is 4.70. The number of thiophene rings is 1. The molecule has 1 N–H and O–H groups in total. The molecule has 0 saturated heterocycles. The molecule has 0 saturated carbocycles. The molecular weight excluding hydrogens is 378 g/mol. The molecule has 0 aliphatic rings. The minimum Gasteiger partial charge on any atom is -0.347 e. The Kier molecular flexibility index (Phi) is 4.59. The van der Waals surface area contributed by atoms with E-state index in [0.717, 1.165) is 18.7 Å². The highest BCUT2D eigenvalue weighted by Gasteiger charge is 2.09. The zero-order valence-electron chi connectivity index (χ0n) is 9.67. The summed E-state index contributed by atoms with van der Waals surface area (Å²) in [6, 6.07) is 9.68. The minimum absolute atomic E-state index is 0.0635. The van der Waals surface area contributed by atoms with E-state index in [1.165, 1.54) is 0 Å². The van der Waals surface area contributed by atoms with Crippen LogP contribution in [0, 0.1) is 6.92 Å². The van der Waals surface area contributed by atoms with Crippen molar-refractivity contribution in [2.75, 3.05) is 0 Å². The molecule has 1 aromatic carbocycles. The zero-order chi connectivity index (χ0) is 13.1. The average Bonchev–Trinajstić information content (AvgIpc) is 2.72. The van der Waals surface area contributed by atoms with Gasteiger partial charge in [-0.05, 0) is 68.6 Å². The first-order valence-corrected chi connectivity index (χ1v) is 7.75. The molecule has 1 heterocycles. The smallest absolute Gasteiger partial charge is 0.252 e. The van der Waals surface area contributed by atoms with Crippen LogP contribution in [0.3, 0.4) is 0 Å². The molecule has 1 aromatic heterocycles. The Morgan fingerprint density at radius 2 is 2.06 bits per heavy atom. The standard InChI is InChI=1S/C13H11Br2NOS/c1-8-2-4-10(11(14)6-8)13(17)16-7-9-3-5-12(15)18-9/h2-6H,7H2,1H3,(H,16,17). The lowest BCUT2D eigenvalue weighted by atomic mass is 10.1. The van der Waals surface area contributed by atoms with E-state index >= 15 is 0 Å².